The first-order valence-corrected chi connectivity index (χ1v) is 11.0. The van der Waals surface area contributed by atoms with Gasteiger partial charge < -0.3 is 5.32 Å². The van der Waals surface area contributed by atoms with Crippen molar-refractivity contribution in [1.82, 2.24) is 0 Å². The van der Waals surface area contributed by atoms with E-state index in [2.05, 4.69) is 5.32 Å². The van der Waals surface area contributed by atoms with E-state index in [1.807, 2.05) is 13.8 Å². The van der Waals surface area contributed by atoms with Gasteiger partial charge in [-0.05, 0) is 73.5 Å². The molecule has 0 bridgehead atoms. The highest BCUT2D eigenvalue weighted by Crippen LogP contribution is 2.27. The Kier molecular flexibility index (Phi) is 6.62. The molecule has 31 heavy (non-hydrogen) atoms. The Bertz CT molecular complexity index is 1230. The molecule has 0 heterocycles. The highest BCUT2D eigenvalue weighted by Gasteiger charge is 2.27. The molecular weight excluding hydrogens is 446 g/mol. The van der Waals surface area contributed by atoms with Gasteiger partial charge in [0.25, 0.3) is 10.0 Å². The number of rotatable bonds is 6. The van der Waals surface area contributed by atoms with Gasteiger partial charge in [0.1, 0.15) is 6.54 Å². The fourth-order valence-electron chi connectivity index (χ4n) is 2.83. The van der Waals surface area contributed by atoms with Gasteiger partial charge in [0.15, 0.2) is 11.6 Å². The summed E-state index contributed by atoms with van der Waals surface area (Å²) >= 11 is 5.87. The minimum atomic E-state index is -4.12. The molecule has 0 spiro atoms. The van der Waals surface area contributed by atoms with Crippen molar-refractivity contribution in [2.45, 2.75) is 18.7 Å². The molecule has 3 aromatic carbocycles. The van der Waals surface area contributed by atoms with Crippen LogP contribution < -0.4 is 9.62 Å². The summed E-state index contributed by atoms with van der Waals surface area (Å²) in [6.45, 7) is 3.13. The summed E-state index contributed by atoms with van der Waals surface area (Å²) in [5.74, 6) is -2.90. The third kappa shape index (κ3) is 5.21. The number of anilines is 2. The molecular formula is C22H19ClF2N2O3S. The molecule has 0 radical (unpaired) electrons. The third-order valence-corrected chi connectivity index (χ3v) is 6.71. The van der Waals surface area contributed by atoms with E-state index >= 15 is 0 Å². The van der Waals surface area contributed by atoms with Crippen LogP contribution in [0.15, 0.2) is 65.6 Å². The van der Waals surface area contributed by atoms with E-state index in [0.717, 1.165) is 27.6 Å². The van der Waals surface area contributed by atoms with Gasteiger partial charge >= 0.3 is 0 Å². The maximum absolute atomic E-state index is 13.4. The highest BCUT2D eigenvalue weighted by atomic mass is 35.5. The zero-order chi connectivity index (χ0) is 22.8. The fourth-order valence-corrected chi connectivity index (χ4v) is 4.37. The largest absolute Gasteiger partial charge is 0.324 e. The van der Waals surface area contributed by atoms with Crippen molar-refractivity contribution < 1.29 is 22.0 Å². The van der Waals surface area contributed by atoms with Gasteiger partial charge in [-0.1, -0.05) is 17.7 Å². The number of nitrogens with zero attached hydrogens (tertiary/aromatic N) is 1. The van der Waals surface area contributed by atoms with Crippen LogP contribution in [0.2, 0.25) is 5.02 Å². The highest BCUT2D eigenvalue weighted by molar-refractivity contribution is 7.92. The van der Waals surface area contributed by atoms with Crippen LogP contribution in [0.4, 0.5) is 20.2 Å². The Hall–Kier alpha value is -2.97. The Balaban J connectivity index is 1.97. The van der Waals surface area contributed by atoms with Crippen molar-refractivity contribution in [3.8, 4) is 0 Å². The minimum Gasteiger partial charge on any atom is -0.324 e. The number of aryl methyl sites for hydroxylation is 2. The molecule has 0 fully saturated rings. The van der Waals surface area contributed by atoms with Gasteiger partial charge in [-0.3, -0.25) is 9.10 Å². The molecule has 0 aliphatic heterocycles. The van der Waals surface area contributed by atoms with Crippen molar-refractivity contribution in [2.24, 2.45) is 0 Å². The van der Waals surface area contributed by atoms with Gasteiger partial charge in [0.05, 0.1) is 10.6 Å². The summed E-state index contributed by atoms with van der Waals surface area (Å²) in [6, 6.07) is 13.5. The zero-order valence-corrected chi connectivity index (χ0v) is 18.3. The summed E-state index contributed by atoms with van der Waals surface area (Å²) in [5, 5.41) is 2.76. The second kappa shape index (κ2) is 9.03. The number of nitrogens with one attached hydrogen (secondary N) is 1. The molecule has 0 aliphatic rings. The fraction of sp³-hybridized carbons (Fsp3) is 0.136. The van der Waals surface area contributed by atoms with E-state index in [0.29, 0.717) is 10.7 Å². The van der Waals surface area contributed by atoms with Crippen LogP contribution in [0.5, 0.6) is 0 Å². The average Bonchev–Trinajstić information content (AvgIpc) is 2.71. The molecule has 0 aromatic heterocycles. The standard InChI is InChI=1S/C22H19ClF2N2O3S/c1-14-3-7-18(11-15(14)2)27(31(29,30)19-8-4-16(23)5-9-19)13-22(28)26-17-6-10-20(24)21(25)12-17/h3-12H,13H2,1-2H3,(H,26,28). The minimum absolute atomic E-state index is 0.00725. The number of carbonyl (C=O) groups is 1. The van der Waals surface area contributed by atoms with Crippen LogP contribution in [0.3, 0.4) is 0 Å². The summed E-state index contributed by atoms with van der Waals surface area (Å²) in [7, 11) is -4.12. The topological polar surface area (TPSA) is 66.5 Å². The number of sulfonamides is 1. The van der Waals surface area contributed by atoms with Crippen molar-refractivity contribution >= 4 is 38.9 Å². The van der Waals surface area contributed by atoms with Crippen LogP contribution >= 0.6 is 11.6 Å². The quantitative estimate of drug-likeness (QED) is 0.554. The first-order chi connectivity index (χ1) is 14.6. The summed E-state index contributed by atoms with van der Waals surface area (Å²) < 4.78 is 54.2. The summed E-state index contributed by atoms with van der Waals surface area (Å²) in [4.78, 5) is 12.6. The lowest BCUT2D eigenvalue weighted by atomic mass is 10.1. The predicted molar refractivity (Wildman–Crippen MR) is 117 cm³/mol. The van der Waals surface area contributed by atoms with Crippen LogP contribution in [0.25, 0.3) is 0 Å². The van der Waals surface area contributed by atoms with Crippen LogP contribution in [-0.2, 0) is 14.8 Å². The van der Waals surface area contributed by atoms with Crippen LogP contribution in [0, 0.1) is 25.5 Å². The van der Waals surface area contributed by atoms with Gasteiger partial charge in [0.2, 0.25) is 5.91 Å². The Morgan fingerprint density at radius 1 is 0.935 bits per heavy atom. The van der Waals surface area contributed by atoms with Crippen molar-refractivity contribution in [1.29, 1.82) is 0 Å². The smallest absolute Gasteiger partial charge is 0.264 e. The monoisotopic (exact) mass is 464 g/mol. The van der Waals surface area contributed by atoms with Crippen LogP contribution in [0.1, 0.15) is 11.1 Å². The summed E-state index contributed by atoms with van der Waals surface area (Å²) in [5.41, 5.74) is 2.10. The molecule has 1 amide bonds. The predicted octanol–water partition coefficient (Wildman–Crippen LogP) is 5.07. The van der Waals surface area contributed by atoms with Crippen LogP contribution in [-0.4, -0.2) is 20.9 Å². The molecule has 5 nitrogen and oxygen atoms in total. The Morgan fingerprint density at radius 3 is 2.23 bits per heavy atom. The van der Waals surface area contributed by atoms with Crippen molar-refractivity contribution in [2.75, 3.05) is 16.2 Å². The second-order valence-corrected chi connectivity index (χ2v) is 9.21. The molecule has 3 rings (SSSR count). The Morgan fingerprint density at radius 2 is 1.61 bits per heavy atom. The van der Waals surface area contributed by atoms with Gasteiger partial charge in [-0.25, -0.2) is 17.2 Å². The van der Waals surface area contributed by atoms with E-state index in [1.54, 1.807) is 18.2 Å². The lowest BCUT2D eigenvalue weighted by Crippen LogP contribution is -2.38. The molecule has 0 unspecified atom stereocenters. The van der Waals surface area contributed by atoms with E-state index in [1.165, 1.54) is 30.3 Å². The normalized spacial score (nSPS) is 11.3. The first kappa shape index (κ1) is 22.7. The SMILES string of the molecule is Cc1ccc(N(CC(=O)Nc2ccc(F)c(F)c2)S(=O)(=O)c2ccc(Cl)cc2)cc1C. The molecule has 162 valence electrons. The molecule has 0 saturated heterocycles. The average molecular weight is 465 g/mol. The molecule has 0 saturated carbocycles. The van der Waals surface area contributed by atoms with E-state index < -0.39 is 34.1 Å². The number of halogens is 3. The lowest BCUT2D eigenvalue weighted by molar-refractivity contribution is -0.114. The van der Waals surface area contributed by atoms with Gasteiger partial charge in [-0.15, -0.1) is 0 Å². The molecule has 9 heteroatoms. The third-order valence-electron chi connectivity index (χ3n) is 4.67. The number of carbonyl (C=O) groups excluding carboxylic acids is 1. The molecule has 0 aliphatic carbocycles. The van der Waals surface area contributed by atoms with Gasteiger partial charge in [-0.2, -0.15) is 0 Å². The number of amides is 1. The van der Waals surface area contributed by atoms with Crippen molar-refractivity contribution in [3.63, 3.8) is 0 Å². The van der Waals surface area contributed by atoms with Crippen molar-refractivity contribution in [3.05, 3.63) is 88.4 Å². The maximum atomic E-state index is 13.4. The Labute approximate surface area is 184 Å². The van der Waals surface area contributed by atoms with E-state index in [9.17, 15) is 22.0 Å². The van der Waals surface area contributed by atoms with E-state index in [4.69, 9.17) is 11.6 Å². The zero-order valence-electron chi connectivity index (χ0n) is 16.7. The van der Waals surface area contributed by atoms with Gasteiger partial charge in [0, 0.05) is 16.8 Å². The first-order valence-electron chi connectivity index (χ1n) is 9.18. The second-order valence-electron chi connectivity index (χ2n) is 6.91. The molecule has 0 atom stereocenters. The van der Waals surface area contributed by atoms with E-state index in [-0.39, 0.29) is 10.6 Å². The number of hydrogen-bond donors (Lipinski definition) is 1. The maximum Gasteiger partial charge on any atom is 0.264 e. The molecule has 1 N–H and O–H groups in total. The number of hydrogen-bond acceptors (Lipinski definition) is 3. The summed E-state index contributed by atoms with van der Waals surface area (Å²) in [6.07, 6.45) is 0. The molecule has 3 aromatic rings. The lowest BCUT2D eigenvalue weighted by Gasteiger charge is -2.25. The number of benzene rings is 3.